The number of likely N-dealkylation sites (tertiary alicyclic amines) is 1. The van der Waals surface area contributed by atoms with Crippen molar-refractivity contribution in [3.05, 3.63) is 0 Å². The fraction of sp³-hybridized carbons (Fsp3) is 0.833. The van der Waals surface area contributed by atoms with Gasteiger partial charge in [-0.1, -0.05) is 0 Å². The molecule has 1 saturated heterocycles. The van der Waals surface area contributed by atoms with E-state index in [9.17, 15) is 9.59 Å². The standard InChI is InChI=1S/C12H21NO4/c1-3-16-11(14)7-9-13-8-5-6-10(13)12(15)17-4-2/h10H,3-9H2,1-2H3. The van der Waals surface area contributed by atoms with Crippen molar-refractivity contribution in [2.45, 2.75) is 39.2 Å². The number of hydrogen-bond donors (Lipinski definition) is 0. The normalized spacial score (nSPS) is 20.2. The number of carbonyl (C=O) groups excluding carboxylic acids is 2. The lowest BCUT2D eigenvalue weighted by atomic mass is 10.2. The summed E-state index contributed by atoms with van der Waals surface area (Å²) in [5.74, 6) is -0.379. The van der Waals surface area contributed by atoms with Gasteiger partial charge in [0, 0.05) is 6.54 Å². The molecule has 1 unspecified atom stereocenters. The molecule has 1 heterocycles. The topological polar surface area (TPSA) is 55.8 Å². The molecular formula is C12H21NO4. The van der Waals surface area contributed by atoms with Gasteiger partial charge < -0.3 is 9.47 Å². The molecule has 5 nitrogen and oxygen atoms in total. The van der Waals surface area contributed by atoms with Gasteiger partial charge in [0.05, 0.1) is 19.6 Å². The third kappa shape index (κ3) is 4.34. The van der Waals surface area contributed by atoms with Gasteiger partial charge in [0.2, 0.25) is 0 Å². The summed E-state index contributed by atoms with van der Waals surface area (Å²) in [5, 5.41) is 0. The maximum absolute atomic E-state index is 11.6. The zero-order valence-corrected chi connectivity index (χ0v) is 10.6. The largest absolute Gasteiger partial charge is 0.466 e. The Morgan fingerprint density at radius 1 is 1.24 bits per heavy atom. The van der Waals surface area contributed by atoms with Gasteiger partial charge in [-0.25, -0.2) is 0 Å². The summed E-state index contributed by atoms with van der Waals surface area (Å²) in [6.07, 6.45) is 2.14. The number of rotatable bonds is 6. The van der Waals surface area contributed by atoms with Crippen LogP contribution in [0.2, 0.25) is 0 Å². The summed E-state index contributed by atoms with van der Waals surface area (Å²) in [5.41, 5.74) is 0. The Hall–Kier alpha value is -1.10. The maximum atomic E-state index is 11.6. The highest BCUT2D eigenvalue weighted by molar-refractivity contribution is 5.76. The number of ether oxygens (including phenoxy) is 2. The summed E-state index contributed by atoms with van der Waals surface area (Å²) >= 11 is 0. The van der Waals surface area contributed by atoms with Crippen LogP contribution in [0.25, 0.3) is 0 Å². The minimum Gasteiger partial charge on any atom is -0.466 e. The predicted molar refractivity (Wildman–Crippen MR) is 62.5 cm³/mol. The molecule has 0 aromatic rings. The van der Waals surface area contributed by atoms with Crippen molar-refractivity contribution in [1.29, 1.82) is 0 Å². The molecule has 0 amide bonds. The average Bonchev–Trinajstić information content (AvgIpc) is 2.75. The van der Waals surface area contributed by atoms with E-state index < -0.39 is 0 Å². The van der Waals surface area contributed by atoms with Crippen molar-refractivity contribution in [3.8, 4) is 0 Å². The van der Waals surface area contributed by atoms with Crippen molar-refractivity contribution >= 4 is 11.9 Å². The second-order valence-corrected chi connectivity index (χ2v) is 4.00. The van der Waals surface area contributed by atoms with Crippen molar-refractivity contribution < 1.29 is 19.1 Å². The molecule has 0 bridgehead atoms. The van der Waals surface area contributed by atoms with E-state index in [1.165, 1.54) is 0 Å². The quantitative estimate of drug-likeness (QED) is 0.651. The fourth-order valence-corrected chi connectivity index (χ4v) is 2.07. The van der Waals surface area contributed by atoms with Gasteiger partial charge in [-0.2, -0.15) is 0 Å². The highest BCUT2D eigenvalue weighted by Crippen LogP contribution is 2.18. The van der Waals surface area contributed by atoms with E-state index in [4.69, 9.17) is 9.47 Å². The molecular weight excluding hydrogens is 222 g/mol. The van der Waals surface area contributed by atoms with Crippen LogP contribution in [0.15, 0.2) is 0 Å². The Morgan fingerprint density at radius 2 is 1.94 bits per heavy atom. The van der Waals surface area contributed by atoms with Gasteiger partial charge in [-0.05, 0) is 33.2 Å². The van der Waals surface area contributed by atoms with E-state index in [0.717, 1.165) is 19.4 Å². The summed E-state index contributed by atoms with van der Waals surface area (Å²) in [6, 6.07) is -0.177. The summed E-state index contributed by atoms with van der Waals surface area (Å²) < 4.78 is 9.88. The van der Waals surface area contributed by atoms with Crippen LogP contribution >= 0.6 is 0 Å². The molecule has 1 fully saturated rings. The number of hydrogen-bond acceptors (Lipinski definition) is 5. The first-order valence-corrected chi connectivity index (χ1v) is 6.25. The molecule has 1 aliphatic rings. The van der Waals surface area contributed by atoms with Gasteiger partial charge in [0.15, 0.2) is 0 Å². The second kappa shape index (κ2) is 7.27. The van der Waals surface area contributed by atoms with E-state index in [0.29, 0.717) is 26.2 Å². The number of carbonyl (C=O) groups is 2. The summed E-state index contributed by atoms with van der Waals surface area (Å²) in [4.78, 5) is 24.9. The van der Waals surface area contributed by atoms with Crippen LogP contribution in [0.5, 0.6) is 0 Å². The van der Waals surface area contributed by atoms with Gasteiger partial charge >= 0.3 is 11.9 Å². The monoisotopic (exact) mass is 243 g/mol. The van der Waals surface area contributed by atoms with Crippen LogP contribution < -0.4 is 0 Å². The van der Waals surface area contributed by atoms with Gasteiger partial charge in [0.1, 0.15) is 6.04 Å². The molecule has 1 atom stereocenters. The van der Waals surface area contributed by atoms with Crippen molar-refractivity contribution in [2.24, 2.45) is 0 Å². The Morgan fingerprint density at radius 3 is 2.59 bits per heavy atom. The van der Waals surface area contributed by atoms with Gasteiger partial charge in [0.25, 0.3) is 0 Å². The van der Waals surface area contributed by atoms with Crippen molar-refractivity contribution in [3.63, 3.8) is 0 Å². The van der Waals surface area contributed by atoms with Crippen molar-refractivity contribution in [1.82, 2.24) is 4.90 Å². The number of esters is 2. The maximum Gasteiger partial charge on any atom is 0.323 e. The molecule has 5 heteroatoms. The molecule has 0 N–H and O–H groups in total. The van der Waals surface area contributed by atoms with Crippen LogP contribution in [0, 0.1) is 0 Å². The lowest BCUT2D eigenvalue weighted by Gasteiger charge is -2.22. The summed E-state index contributed by atoms with van der Waals surface area (Å²) in [6.45, 7) is 5.82. The van der Waals surface area contributed by atoms with Crippen LogP contribution in [0.4, 0.5) is 0 Å². The minimum atomic E-state index is -0.206. The van der Waals surface area contributed by atoms with Crippen molar-refractivity contribution in [2.75, 3.05) is 26.3 Å². The lowest BCUT2D eigenvalue weighted by molar-refractivity contribution is -0.150. The van der Waals surface area contributed by atoms with Gasteiger partial charge in [-0.15, -0.1) is 0 Å². The fourth-order valence-electron chi connectivity index (χ4n) is 2.07. The van der Waals surface area contributed by atoms with Crippen LogP contribution in [0.1, 0.15) is 33.1 Å². The Balaban J connectivity index is 2.36. The molecule has 98 valence electrons. The van der Waals surface area contributed by atoms with Crippen LogP contribution in [0.3, 0.4) is 0 Å². The number of nitrogens with zero attached hydrogens (tertiary/aromatic N) is 1. The SMILES string of the molecule is CCOC(=O)CCN1CCCC1C(=O)OCC. The smallest absolute Gasteiger partial charge is 0.323 e. The Kier molecular flexibility index (Phi) is 5.97. The summed E-state index contributed by atoms with van der Waals surface area (Å²) in [7, 11) is 0. The molecule has 0 radical (unpaired) electrons. The third-order valence-corrected chi connectivity index (χ3v) is 2.83. The van der Waals surface area contributed by atoms with E-state index in [-0.39, 0.29) is 18.0 Å². The first kappa shape index (κ1) is 14.0. The zero-order valence-electron chi connectivity index (χ0n) is 10.6. The van der Waals surface area contributed by atoms with E-state index >= 15 is 0 Å². The molecule has 0 spiro atoms. The highest BCUT2D eigenvalue weighted by Gasteiger charge is 2.31. The van der Waals surface area contributed by atoms with E-state index in [1.807, 2.05) is 4.90 Å². The molecule has 0 aromatic carbocycles. The van der Waals surface area contributed by atoms with Crippen LogP contribution in [-0.2, 0) is 19.1 Å². The molecule has 0 aliphatic carbocycles. The molecule has 0 saturated carbocycles. The lowest BCUT2D eigenvalue weighted by Crippen LogP contribution is -2.38. The minimum absolute atomic E-state index is 0.172. The predicted octanol–water partition coefficient (Wildman–Crippen LogP) is 0.967. The Labute approximate surface area is 102 Å². The molecule has 1 aliphatic heterocycles. The zero-order chi connectivity index (χ0) is 12.7. The third-order valence-electron chi connectivity index (χ3n) is 2.83. The second-order valence-electron chi connectivity index (χ2n) is 4.00. The van der Waals surface area contributed by atoms with Gasteiger partial charge in [-0.3, -0.25) is 14.5 Å². The van der Waals surface area contributed by atoms with E-state index in [2.05, 4.69) is 0 Å². The highest BCUT2D eigenvalue weighted by atomic mass is 16.5. The molecule has 17 heavy (non-hydrogen) atoms. The first-order chi connectivity index (χ1) is 8.19. The molecule has 0 aromatic heterocycles. The first-order valence-electron chi connectivity index (χ1n) is 6.25. The molecule has 1 rings (SSSR count). The van der Waals surface area contributed by atoms with E-state index in [1.54, 1.807) is 13.8 Å². The average molecular weight is 243 g/mol. The van der Waals surface area contributed by atoms with Crippen LogP contribution in [-0.4, -0.2) is 49.2 Å². The Bertz CT molecular complexity index is 267.